The first-order valence-electron chi connectivity index (χ1n) is 6.38. The molecule has 2 unspecified atom stereocenters. The summed E-state index contributed by atoms with van der Waals surface area (Å²) >= 11 is 0. The van der Waals surface area contributed by atoms with Gasteiger partial charge in [0, 0.05) is 18.3 Å². The van der Waals surface area contributed by atoms with Crippen LogP contribution in [0, 0.1) is 5.92 Å². The summed E-state index contributed by atoms with van der Waals surface area (Å²) in [6.07, 6.45) is 0.851. The van der Waals surface area contributed by atoms with Gasteiger partial charge in [0.05, 0.1) is 6.04 Å². The van der Waals surface area contributed by atoms with E-state index in [1.165, 1.54) is 0 Å². The highest BCUT2D eigenvalue weighted by Gasteiger charge is 2.19. The predicted octanol–water partition coefficient (Wildman–Crippen LogP) is 1.36. The molecule has 5 heteroatoms. The maximum absolute atomic E-state index is 11.9. The van der Waals surface area contributed by atoms with Crippen molar-refractivity contribution in [2.75, 3.05) is 12.4 Å². The Hall–Kier alpha value is -1.88. The summed E-state index contributed by atoms with van der Waals surface area (Å²) in [5, 5.41) is 5.28. The van der Waals surface area contributed by atoms with Crippen LogP contribution in [0.25, 0.3) is 0 Å². The third-order valence-corrected chi connectivity index (χ3v) is 3.20. The highest BCUT2D eigenvalue weighted by atomic mass is 16.2. The van der Waals surface area contributed by atoms with Crippen molar-refractivity contribution < 1.29 is 9.59 Å². The van der Waals surface area contributed by atoms with Gasteiger partial charge in [-0.3, -0.25) is 9.59 Å². The Morgan fingerprint density at radius 1 is 1.26 bits per heavy atom. The fourth-order valence-electron chi connectivity index (χ4n) is 1.59. The van der Waals surface area contributed by atoms with E-state index in [2.05, 4.69) is 10.6 Å². The van der Waals surface area contributed by atoms with Crippen molar-refractivity contribution in [3.8, 4) is 0 Å². The van der Waals surface area contributed by atoms with Crippen molar-refractivity contribution in [3.63, 3.8) is 0 Å². The van der Waals surface area contributed by atoms with E-state index in [0.29, 0.717) is 11.3 Å². The fourth-order valence-corrected chi connectivity index (χ4v) is 1.59. The molecule has 0 spiro atoms. The zero-order chi connectivity index (χ0) is 14.4. The zero-order valence-electron chi connectivity index (χ0n) is 11.6. The molecule has 0 aliphatic carbocycles. The minimum absolute atomic E-state index is 0.130. The molecule has 0 radical (unpaired) electrons. The summed E-state index contributed by atoms with van der Waals surface area (Å²) in [6.45, 7) is 3.94. The monoisotopic (exact) mass is 263 g/mol. The molecule has 4 N–H and O–H groups in total. The minimum atomic E-state index is -0.524. The second-order valence-corrected chi connectivity index (χ2v) is 4.56. The lowest BCUT2D eigenvalue weighted by molar-refractivity contribution is -0.118. The van der Waals surface area contributed by atoms with Gasteiger partial charge < -0.3 is 16.4 Å². The number of amides is 2. The molecule has 0 aliphatic heterocycles. The number of rotatable bonds is 5. The van der Waals surface area contributed by atoms with E-state index in [1.54, 1.807) is 31.3 Å². The van der Waals surface area contributed by atoms with Crippen LogP contribution < -0.4 is 16.4 Å². The molecule has 104 valence electrons. The second-order valence-electron chi connectivity index (χ2n) is 4.56. The first-order chi connectivity index (χ1) is 8.99. The Morgan fingerprint density at radius 2 is 1.84 bits per heavy atom. The quantitative estimate of drug-likeness (QED) is 0.750. The average molecular weight is 263 g/mol. The second kappa shape index (κ2) is 6.89. The Bertz CT molecular complexity index is 443. The normalized spacial score (nSPS) is 13.5. The summed E-state index contributed by atoms with van der Waals surface area (Å²) < 4.78 is 0. The van der Waals surface area contributed by atoms with Gasteiger partial charge in [0.15, 0.2) is 0 Å². The smallest absolute Gasteiger partial charge is 0.251 e. The SMILES string of the molecule is CCC(C)C(N)C(=O)Nc1ccc(C(=O)NC)cc1. The van der Waals surface area contributed by atoms with E-state index < -0.39 is 6.04 Å². The Labute approximate surface area is 113 Å². The van der Waals surface area contributed by atoms with E-state index in [0.717, 1.165) is 6.42 Å². The van der Waals surface area contributed by atoms with E-state index in [4.69, 9.17) is 5.73 Å². The van der Waals surface area contributed by atoms with Crippen LogP contribution in [0.2, 0.25) is 0 Å². The lowest BCUT2D eigenvalue weighted by atomic mass is 9.99. The van der Waals surface area contributed by atoms with Crippen LogP contribution in [-0.4, -0.2) is 24.9 Å². The molecule has 0 bridgehead atoms. The molecule has 0 aromatic heterocycles. The molecule has 2 atom stereocenters. The van der Waals surface area contributed by atoms with E-state index in [-0.39, 0.29) is 17.7 Å². The lowest BCUT2D eigenvalue weighted by Gasteiger charge is -2.17. The number of nitrogens with one attached hydrogen (secondary N) is 2. The van der Waals surface area contributed by atoms with Gasteiger partial charge in [-0.25, -0.2) is 0 Å². The van der Waals surface area contributed by atoms with Gasteiger partial charge >= 0.3 is 0 Å². The number of carbonyl (C=O) groups is 2. The molecular formula is C14H21N3O2. The molecule has 0 fully saturated rings. The molecule has 0 heterocycles. The number of hydrogen-bond acceptors (Lipinski definition) is 3. The topological polar surface area (TPSA) is 84.2 Å². The molecule has 19 heavy (non-hydrogen) atoms. The van der Waals surface area contributed by atoms with Crippen LogP contribution >= 0.6 is 0 Å². The first-order valence-corrected chi connectivity index (χ1v) is 6.38. The summed E-state index contributed by atoms with van der Waals surface area (Å²) in [5.74, 6) is -0.235. The van der Waals surface area contributed by atoms with Crippen LogP contribution in [-0.2, 0) is 4.79 Å². The van der Waals surface area contributed by atoms with Crippen molar-refractivity contribution in [2.24, 2.45) is 11.7 Å². The van der Waals surface area contributed by atoms with Gasteiger partial charge in [0.2, 0.25) is 5.91 Å². The van der Waals surface area contributed by atoms with Gasteiger partial charge in [0.25, 0.3) is 5.91 Å². The van der Waals surface area contributed by atoms with Crippen LogP contribution in [0.5, 0.6) is 0 Å². The summed E-state index contributed by atoms with van der Waals surface area (Å²) in [5.41, 5.74) is 7.03. The van der Waals surface area contributed by atoms with Gasteiger partial charge in [-0.2, -0.15) is 0 Å². The van der Waals surface area contributed by atoms with E-state index in [9.17, 15) is 9.59 Å². The van der Waals surface area contributed by atoms with Crippen LogP contribution in [0.3, 0.4) is 0 Å². The summed E-state index contributed by atoms with van der Waals surface area (Å²) in [6, 6.07) is 6.16. The van der Waals surface area contributed by atoms with E-state index >= 15 is 0 Å². The summed E-state index contributed by atoms with van der Waals surface area (Å²) in [4.78, 5) is 23.2. The van der Waals surface area contributed by atoms with Crippen molar-refractivity contribution >= 4 is 17.5 Å². The van der Waals surface area contributed by atoms with Gasteiger partial charge in [-0.1, -0.05) is 20.3 Å². The number of anilines is 1. The Kier molecular flexibility index (Phi) is 5.51. The fraction of sp³-hybridized carbons (Fsp3) is 0.429. The third kappa shape index (κ3) is 4.06. The number of carbonyl (C=O) groups excluding carboxylic acids is 2. The Morgan fingerprint density at radius 3 is 2.32 bits per heavy atom. The first kappa shape index (κ1) is 15.2. The number of nitrogens with two attached hydrogens (primary N) is 1. The standard InChI is InChI=1S/C14H21N3O2/c1-4-9(2)12(15)14(19)17-11-7-5-10(6-8-11)13(18)16-3/h5-9,12H,4,15H2,1-3H3,(H,16,18)(H,17,19). The third-order valence-electron chi connectivity index (χ3n) is 3.20. The van der Waals surface area contributed by atoms with Crippen molar-refractivity contribution in [1.29, 1.82) is 0 Å². The van der Waals surface area contributed by atoms with Crippen LogP contribution in [0.15, 0.2) is 24.3 Å². The Balaban J connectivity index is 2.68. The predicted molar refractivity (Wildman–Crippen MR) is 75.9 cm³/mol. The maximum atomic E-state index is 11.9. The van der Waals surface area contributed by atoms with Gasteiger partial charge in [0.1, 0.15) is 0 Å². The number of hydrogen-bond donors (Lipinski definition) is 3. The van der Waals surface area contributed by atoms with Crippen molar-refractivity contribution in [1.82, 2.24) is 5.32 Å². The lowest BCUT2D eigenvalue weighted by Crippen LogP contribution is -2.40. The molecule has 0 saturated heterocycles. The number of benzene rings is 1. The molecule has 1 aromatic rings. The molecular weight excluding hydrogens is 242 g/mol. The van der Waals surface area contributed by atoms with Gasteiger partial charge in [-0.05, 0) is 30.2 Å². The molecule has 2 amide bonds. The van der Waals surface area contributed by atoms with Crippen molar-refractivity contribution in [3.05, 3.63) is 29.8 Å². The molecule has 5 nitrogen and oxygen atoms in total. The average Bonchev–Trinajstić information content (AvgIpc) is 2.45. The van der Waals surface area contributed by atoms with Gasteiger partial charge in [-0.15, -0.1) is 0 Å². The summed E-state index contributed by atoms with van der Waals surface area (Å²) in [7, 11) is 1.57. The highest BCUT2D eigenvalue weighted by Crippen LogP contribution is 2.12. The van der Waals surface area contributed by atoms with Crippen LogP contribution in [0.1, 0.15) is 30.6 Å². The highest BCUT2D eigenvalue weighted by molar-refractivity contribution is 5.97. The van der Waals surface area contributed by atoms with E-state index in [1.807, 2.05) is 13.8 Å². The molecule has 1 aromatic carbocycles. The molecule has 1 rings (SSSR count). The molecule has 0 aliphatic rings. The van der Waals surface area contributed by atoms with Crippen LogP contribution in [0.4, 0.5) is 5.69 Å². The maximum Gasteiger partial charge on any atom is 0.251 e. The largest absolute Gasteiger partial charge is 0.355 e. The molecule has 0 saturated carbocycles. The minimum Gasteiger partial charge on any atom is -0.355 e. The zero-order valence-corrected chi connectivity index (χ0v) is 11.6. The van der Waals surface area contributed by atoms with Crippen molar-refractivity contribution in [2.45, 2.75) is 26.3 Å².